The van der Waals surface area contributed by atoms with Crippen molar-refractivity contribution in [2.24, 2.45) is 0 Å². The van der Waals surface area contributed by atoms with Crippen LogP contribution in [0.3, 0.4) is 0 Å². The van der Waals surface area contributed by atoms with Crippen molar-refractivity contribution in [3.8, 4) is 5.75 Å². The fourth-order valence-corrected chi connectivity index (χ4v) is 2.64. The van der Waals surface area contributed by atoms with Crippen LogP contribution in [0.2, 0.25) is 5.02 Å². The van der Waals surface area contributed by atoms with Crippen LogP contribution in [0.25, 0.3) is 6.08 Å². The van der Waals surface area contributed by atoms with Gasteiger partial charge in [0.05, 0.1) is 0 Å². The minimum absolute atomic E-state index is 0.510. The average molecular weight is 331 g/mol. The van der Waals surface area contributed by atoms with Crippen LogP contribution in [-0.4, -0.2) is 17.7 Å². The lowest BCUT2D eigenvalue weighted by Crippen LogP contribution is -2.09. The molecule has 0 unspecified atom stereocenters. The molecule has 0 saturated heterocycles. The number of fused-ring (bicyclic) bond motifs is 1. The Balaban J connectivity index is 2.22. The summed E-state index contributed by atoms with van der Waals surface area (Å²) in [5.74, 6) is -0.0678. The molecule has 120 valence electrons. The van der Waals surface area contributed by atoms with E-state index in [1.165, 1.54) is 6.08 Å². The van der Waals surface area contributed by atoms with Crippen LogP contribution >= 0.6 is 11.6 Å². The normalized spacial score (nSPS) is 15.2. The van der Waals surface area contributed by atoms with Gasteiger partial charge in [-0.15, -0.1) is 0 Å². The number of halogens is 1. The van der Waals surface area contributed by atoms with Crippen LogP contribution in [0.1, 0.15) is 25.0 Å². The van der Waals surface area contributed by atoms with Crippen molar-refractivity contribution in [1.29, 1.82) is 0 Å². The second-order valence-electron chi connectivity index (χ2n) is 5.53. The van der Waals surface area contributed by atoms with Gasteiger partial charge in [-0.2, -0.15) is 0 Å². The van der Waals surface area contributed by atoms with E-state index in [4.69, 9.17) is 21.4 Å². The van der Waals surface area contributed by atoms with Gasteiger partial charge in [0, 0.05) is 16.7 Å². The van der Waals surface area contributed by atoms with E-state index in [1.54, 1.807) is 13.0 Å². The van der Waals surface area contributed by atoms with E-state index in [9.17, 15) is 4.79 Å². The van der Waals surface area contributed by atoms with Crippen molar-refractivity contribution >= 4 is 23.6 Å². The Hall–Kier alpha value is -2.26. The van der Waals surface area contributed by atoms with Crippen molar-refractivity contribution in [3.63, 3.8) is 0 Å². The summed E-state index contributed by atoms with van der Waals surface area (Å²) in [5.41, 5.74) is 4.83. The first kappa shape index (κ1) is 17.1. The third-order valence-corrected chi connectivity index (χ3v) is 3.75. The molecule has 1 heterocycles. The molecular weight excluding hydrogens is 312 g/mol. The molecular formula is C19H19ClO3. The van der Waals surface area contributed by atoms with E-state index >= 15 is 0 Å². The predicted molar refractivity (Wildman–Crippen MR) is 94.0 cm³/mol. The average Bonchev–Trinajstić information content (AvgIpc) is 2.45. The Bertz CT molecular complexity index is 752. The van der Waals surface area contributed by atoms with Gasteiger partial charge in [0.1, 0.15) is 12.4 Å². The molecule has 1 aromatic rings. The molecule has 1 aromatic carbocycles. The predicted octanol–water partition coefficient (Wildman–Crippen LogP) is 4.96. The van der Waals surface area contributed by atoms with Gasteiger partial charge >= 0.3 is 5.97 Å². The highest BCUT2D eigenvalue weighted by atomic mass is 35.5. The maximum absolute atomic E-state index is 10.6. The number of ether oxygens (including phenoxy) is 1. The number of aliphatic carboxylic acids is 1. The second kappa shape index (κ2) is 7.34. The summed E-state index contributed by atoms with van der Waals surface area (Å²) in [5, 5.41) is 9.36. The monoisotopic (exact) mass is 330 g/mol. The molecule has 2 rings (SSSR count). The third kappa shape index (κ3) is 4.60. The van der Waals surface area contributed by atoms with Gasteiger partial charge in [-0.05, 0) is 61.3 Å². The minimum Gasteiger partial charge on any atom is -0.488 e. The molecule has 1 N–H and O–H groups in total. The van der Waals surface area contributed by atoms with Gasteiger partial charge in [-0.3, -0.25) is 0 Å². The van der Waals surface area contributed by atoms with Gasteiger partial charge in [0.2, 0.25) is 0 Å². The molecule has 0 radical (unpaired) electrons. The zero-order valence-electron chi connectivity index (χ0n) is 13.4. The topological polar surface area (TPSA) is 46.5 Å². The molecule has 0 fully saturated rings. The van der Waals surface area contributed by atoms with Gasteiger partial charge in [0.25, 0.3) is 0 Å². The quantitative estimate of drug-likeness (QED) is 0.627. The summed E-state index contributed by atoms with van der Waals surface area (Å²) in [4.78, 5) is 10.6. The smallest absolute Gasteiger partial charge is 0.328 e. The SMILES string of the molecule is CC(/C=C/C=C(\C)C1=Cc2cc(Cl)cc(C)c2OC1)=C\C(=O)O. The summed E-state index contributed by atoms with van der Waals surface area (Å²) < 4.78 is 5.84. The molecule has 23 heavy (non-hydrogen) atoms. The summed E-state index contributed by atoms with van der Waals surface area (Å²) in [6.07, 6.45) is 8.79. The summed E-state index contributed by atoms with van der Waals surface area (Å²) >= 11 is 6.10. The number of carbonyl (C=O) groups is 1. The van der Waals surface area contributed by atoms with Gasteiger partial charge < -0.3 is 9.84 Å². The highest BCUT2D eigenvalue weighted by Crippen LogP contribution is 2.34. The Morgan fingerprint density at radius 1 is 1.35 bits per heavy atom. The highest BCUT2D eigenvalue weighted by molar-refractivity contribution is 6.30. The van der Waals surface area contributed by atoms with Crippen molar-refractivity contribution < 1.29 is 14.6 Å². The molecule has 0 aromatic heterocycles. The first-order chi connectivity index (χ1) is 10.9. The van der Waals surface area contributed by atoms with Crippen LogP contribution in [-0.2, 0) is 4.79 Å². The number of allylic oxidation sites excluding steroid dienone is 4. The number of carboxylic acid groups (broad SMARTS) is 1. The lowest BCUT2D eigenvalue weighted by atomic mass is 10.00. The number of rotatable bonds is 4. The van der Waals surface area contributed by atoms with Crippen LogP contribution in [0.5, 0.6) is 5.75 Å². The van der Waals surface area contributed by atoms with Crippen LogP contribution < -0.4 is 4.74 Å². The molecule has 0 bridgehead atoms. The summed E-state index contributed by atoms with van der Waals surface area (Å²) in [6, 6.07) is 3.79. The molecule has 4 heteroatoms. The molecule has 1 aliphatic rings. The molecule has 0 saturated carbocycles. The molecule has 0 spiro atoms. The van der Waals surface area contributed by atoms with E-state index in [-0.39, 0.29) is 0 Å². The standard InChI is InChI=1S/C19H19ClO3/c1-12(7-18(21)22)5-4-6-13(2)16-9-15-10-17(20)8-14(3)19(15)23-11-16/h4-10H,11H2,1-3H3,(H,21,22)/b5-4+,12-7+,13-6+. The first-order valence-electron chi connectivity index (χ1n) is 7.27. The fraction of sp³-hybridized carbons (Fsp3) is 0.211. The Kier molecular flexibility index (Phi) is 5.45. The molecule has 0 aliphatic carbocycles. The van der Waals surface area contributed by atoms with Crippen molar-refractivity contribution in [3.05, 3.63) is 69.3 Å². The van der Waals surface area contributed by atoms with Gasteiger partial charge in [0.15, 0.2) is 0 Å². The first-order valence-corrected chi connectivity index (χ1v) is 7.64. The van der Waals surface area contributed by atoms with Crippen LogP contribution in [0.15, 0.2) is 53.2 Å². The lowest BCUT2D eigenvalue weighted by molar-refractivity contribution is -0.131. The van der Waals surface area contributed by atoms with E-state index < -0.39 is 5.97 Å². The summed E-state index contributed by atoms with van der Waals surface area (Å²) in [6.45, 7) is 6.23. The number of hydrogen-bond acceptors (Lipinski definition) is 2. The van der Waals surface area contributed by atoms with E-state index in [0.717, 1.165) is 28.0 Å². The molecule has 0 atom stereocenters. The maximum Gasteiger partial charge on any atom is 0.328 e. The Morgan fingerprint density at radius 2 is 2.09 bits per heavy atom. The number of benzene rings is 1. The van der Waals surface area contributed by atoms with Gasteiger partial charge in [-0.25, -0.2) is 4.79 Å². The van der Waals surface area contributed by atoms with E-state index in [1.807, 2.05) is 38.1 Å². The van der Waals surface area contributed by atoms with Crippen molar-refractivity contribution in [2.75, 3.05) is 6.61 Å². The molecule has 3 nitrogen and oxygen atoms in total. The molecule has 0 amide bonds. The van der Waals surface area contributed by atoms with E-state index in [2.05, 4.69) is 6.08 Å². The minimum atomic E-state index is -0.944. The van der Waals surface area contributed by atoms with Crippen molar-refractivity contribution in [1.82, 2.24) is 0 Å². The number of carboxylic acids is 1. The fourth-order valence-electron chi connectivity index (χ4n) is 2.36. The highest BCUT2D eigenvalue weighted by Gasteiger charge is 2.15. The second-order valence-corrected chi connectivity index (χ2v) is 5.97. The van der Waals surface area contributed by atoms with Crippen molar-refractivity contribution in [2.45, 2.75) is 20.8 Å². The summed E-state index contributed by atoms with van der Waals surface area (Å²) in [7, 11) is 0. The van der Waals surface area contributed by atoms with E-state index in [0.29, 0.717) is 17.2 Å². The van der Waals surface area contributed by atoms with Crippen LogP contribution in [0, 0.1) is 6.92 Å². The maximum atomic E-state index is 10.6. The number of hydrogen-bond donors (Lipinski definition) is 1. The van der Waals surface area contributed by atoms with Crippen LogP contribution in [0.4, 0.5) is 0 Å². The number of aryl methyl sites for hydroxylation is 1. The Morgan fingerprint density at radius 3 is 2.78 bits per heavy atom. The zero-order chi connectivity index (χ0) is 17.0. The van der Waals surface area contributed by atoms with Gasteiger partial charge in [-0.1, -0.05) is 29.8 Å². The lowest BCUT2D eigenvalue weighted by Gasteiger charge is -2.20. The third-order valence-electron chi connectivity index (χ3n) is 3.53. The zero-order valence-corrected chi connectivity index (χ0v) is 14.1. The largest absolute Gasteiger partial charge is 0.488 e. The molecule has 1 aliphatic heterocycles. The Labute approximate surface area is 141 Å².